The van der Waals surface area contributed by atoms with Gasteiger partial charge in [-0.1, -0.05) is 54.9 Å². The molecule has 0 saturated carbocycles. The Hall–Kier alpha value is 0. The summed E-state index contributed by atoms with van der Waals surface area (Å²) in [6.07, 6.45) is 5.45. The molecule has 15 heavy (non-hydrogen) atoms. The Kier molecular flexibility index (Phi) is 6.55. The monoisotopic (exact) mass is 212 g/mol. The first kappa shape index (κ1) is 15.0. The summed E-state index contributed by atoms with van der Waals surface area (Å²) in [4.78, 5) is 0. The second-order valence-corrected chi connectivity index (χ2v) is 6.70. The van der Waals surface area contributed by atoms with E-state index in [1.807, 2.05) is 0 Å². The van der Waals surface area contributed by atoms with Crippen molar-refractivity contribution in [1.29, 1.82) is 0 Å². The van der Waals surface area contributed by atoms with E-state index in [1.54, 1.807) is 0 Å². The molecule has 0 heteroatoms. The van der Waals surface area contributed by atoms with E-state index in [4.69, 9.17) is 0 Å². The first-order chi connectivity index (χ1) is 6.78. The van der Waals surface area contributed by atoms with Crippen LogP contribution >= 0.6 is 0 Å². The van der Waals surface area contributed by atoms with E-state index in [-0.39, 0.29) is 0 Å². The lowest BCUT2D eigenvalue weighted by Crippen LogP contribution is -2.20. The van der Waals surface area contributed by atoms with Crippen molar-refractivity contribution >= 4 is 0 Å². The second kappa shape index (κ2) is 6.55. The van der Waals surface area contributed by atoms with Gasteiger partial charge in [-0.15, -0.1) is 0 Å². The van der Waals surface area contributed by atoms with Gasteiger partial charge in [-0.05, 0) is 42.4 Å². The van der Waals surface area contributed by atoms with E-state index in [0.717, 1.165) is 17.8 Å². The average Bonchev–Trinajstić information content (AvgIpc) is 2.01. The normalized spacial score (nSPS) is 16.8. The van der Waals surface area contributed by atoms with E-state index in [9.17, 15) is 0 Å². The highest BCUT2D eigenvalue weighted by Crippen LogP contribution is 2.34. The summed E-state index contributed by atoms with van der Waals surface area (Å²) in [7, 11) is 0. The van der Waals surface area contributed by atoms with Crippen LogP contribution in [0.15, 0.2) is 0 Å². The summed E-state index contributed by atoms with van der Waals surface area (Å²) < 4.78 is 0. The third-order valence-corrected chi connectivity index (χ3v) is 3.62. The maximum absolute atomic E-state index is 2.43. The van der Waals surface area contributed by atoms with Gasteiger partial charge in [0.15, 0.2) is 0 Å². The zero-order valence-electron chi connectivity index (χ0n) is 12.1. The van der Waals surface area contributed by atoms with Crippen LogP contribution in [-0.2, 0) is 0 Å². The van der Waals surface area contributed by atoms with Crippen LogP contribution in [0.4, 0.5) is 0 Å². The van der Waals surface area contributed by atoms with Gasteiger partial charge in [0.05, 0.1) is 0 Å². The molecule has 0 aliphatic rings. The van der Waals surface area contributed by atoms with Crippen LogP contribution in [0.1, 0.15) is 74.1 Å². The lowest BCUT2D eigenvalue weighted by atomic mass is 9.75. The predicted molar refractivity (Wildman–Crippen MR) is 71.1 cm³/mol. The fourth-order valence-electron chi connectivity index (χ4n) is 2.83. The average molecular weight is 212 g/mol. The minimum absolute atomic E-state index is 0.541. The summed E-state index contributed by atoms with van der Waals surface area (Å²) in [5.74, 6) is 2.59. The van der Waals surface area contributed by atoms with Gasteiger partial charge in [0, 0.05) is 0 Å². The molecule has 0 bridgehead atoms. The standard InChI is InChI=1S/C15H32/c1-8-9-15(6,7)11-14(5)13(4)10-12(2)3/h12-14H,8-11H2,1-7H3. The number of hydrogen-bond donors (Lipinski definition) is 0. The number of hydrogen-bond acceptors (Lipinski definition) is 0. The second-order valence-electron chi connectivity index (χ2n) is 6.70. The molecule has 0 spiro atoms. The molecule has 2 atom stereocenters. The first-order valence-corrected chi connectivity index (χ1v) is 6.78. The van der Waals surface area contributed by atoms with Gasteiger partial charge in [-0.3, -0.25) is 0 Å². The van der Waals surface area contributed by atoms with Gasteiger partial charge < -0.3 is 0 Å². The smallest absolute Gasteiger partial charge is 0.0352 e. The molecule has 0 saturated heterocycles. The Morgan fingerprint density at radius 2 is 1.47 bits per heavy atom. The van der Waals surface area contributed by atoms with Crippen LogP contribution in [0.2, 0.25) is 0 Å². The number of rotatable bonds is 7. The minimum atomic E-state index is 0.541. The van der Waals surface area contributed by atoms with Crippen LogP contribution in [-0.4, -0.2) is 0 Å². The highest BCUT2D eigenvalue weighted by Gasteiger charge is 2.23. The summed E-state index contributed by atoms with van der Waals surface area (Å²) in [6, 6.07) is 0. The van der Waals surface area contributed by atoms with Crippen LogP contribution < -0.4 is 0 Å². The van der Waals surface area contributed by atoms with Crippen molar-refractivity contribution in [2.24, 2.45) is 23.2 Å². The molecule has 0 fully saturated rings. The summed E-state index contributed by atoms with van der Waals surface area (Å²) in [5.41, 5.74) is 0.541. The molecule has 0 radical (unpaired) electrons. The maximum atomic E-state index is 2.43. The summed E-state index contributed by atoms with van der Waals surface area (Å²) in [5, 5.41) is 0. The van der Waals surface area contributed by atoms with E-state index in [0.29, 0.717) is 5.41 Å². The van der Waals surface area contributed by atoms with E-state index in [2.05, 4.69) is 48.5 Å². The van der Waals surface area contributed by atoms with Crippen LogP contribution in [0.5, 0.6) is 0 Å². The molecule has 92 valence electrons. The third-order valence-electron chi connectivity index (χ3n) is 3.62. The fraction of sp³-hybridized carbons (Fsp3) is 1.00. The van der Waals surface area contributed by atoms with Crippen LogP contribution in [0.25, 0.3) is 0 Å². The lowest BCUT2D eigenvalue weighted by Gasteiger charge is -2.31. The molecule has 0 aromatic rings. The molecule has 0 aromatic heterocycles. The van der Waals surface area contributed by atoms with Gasteiger partial charge in [0.1, 0.15) is 0 Å². The molecular weight excluding hydrogens is 180 g/mol. The molecule has 0 nitrogen and oxygen atoms in total. The Labute approximate surface area is 97.8 Å². The van der Waals surface area contributed by atoms with Crippen molar-refractivity contribution in [3.63, 3.8) is 0 Å². The molecule has 2 unspecified atom stereocenters. The fourth-order valence-corrected chi connectivity index (χ4v) is 2.83. The molecule has 0 rings (SSSR count). The van der Waals surface area contributed by atoms with Crippen molar-refractivity contribution < 1.29 is 0 Å². The molecule has 0 N–H and O–H groups in total. The van der Waals surface area contributed by atoms with E-state index < -0.39 is 0 Å². The lowest BCUT2D eigenvalue weighted by molar-refractivity contribution is 0.199. The van der Waals surface area contributed by atoms with Crippen molar-refractivity contribution in [3.8, 4) is 0 Å². The highest BCUT2D eigenvalue weighted by molar-refractivity contribution is 4.74. The largest absolute Gasteiger partial charge is 0.0654 e. The van der Waals surface area contributed by atoms with Crippen molar-refractivity contribution in [3.05, 3.63) is 0 Å². The Balaban J connectivity index is 4.05. The Bertz CT molecular complexity index is 155. The zero-order valence-corrected chi connectivity index (χ0v) is 12.1. The topological polar surface area (TPSA) is 0 Å². The van der Waals surface area contributed by atoms with E-state index in [1.165, 1.54) is 25.7 Å². The summed E-state index contributed by atoms with van der Waals surface area (Å²) in [6.45, 7) is 16.7. The van der Waals surface area contributed by atoms with Crippen LogP contribution in [0, 0.1) is 23.2 Å². The molecule has 0 heterocycles. The molecule has 0 aliphatic carbocycles. The Morgan fingerprint density at radius 1 is 0.933 bits per heavy atom. The summed E-state index contributed by atoms with van der Waals surface area (Å²) >= 11 is 0. The third kappa shape index (κ3) is 6.98. The van der Waals surface area contributed by atoms with Gasteiger partial charge >= 0.3 is 0 Å². The highest BCUT2D eigenvalue weighted by atomic mass is 14.3. The molecular formula is C15H32. The van der Waals surface area contributed by atoms with Crippen LogP contribution in [0.3, 0.4) is 0 Å². The van der Waals surface area contributed by atoms with Gasteiger partial charge in [0.2, 0.25) is 0 Å². The Morgan fingerprint density at radius 3 is 1.87 bits per heavy atom. The van der Waals surface area contributed by atoms with Gasteiger partial charge in [-0.2, -0.15) is 0 Å². The molecule has 0 aliphatic heterocycles. The predicted octanol–water partition coefficient (Wildman–Crippen LogP) is 5.52. The van der Waals surface area contributed by atoms with Crippen molar-refractivity contribution in [1.82, 2.24) is 0 Å². The zero-order chi connectivity index (χ0) is 12.1. The minimum Gasteiger partial charge on any atom is -0.0654 e. The quantitative estimate of drug-likeness (QED) is 0.521. The molecule has 0 aromatic carbocycles. The van der Waals surface area contributed by atoms with Gasteiger partial charge in [-0.25, -0.2) is 0 Å². The van der Waals surface area contributed by atoms with Crippen molar-refractivity contribution in [2.75, 3.05) is 0 Å². The van der Waals surface area contributed by atoms with E-state index >= 15 is 0 Å². The molecule has 0 amide bonds. The van der Waals surface area contributed by atoms with Crippen molar-refractivity contribution in [2.45, 2.75) is 74.1 Å². The first-order valence-electron chi connectivity index (χ1n) is 6.78. The van der Waals surface area contributed by atoms with Gasteiger partial charge in [0.25, 0.3) is 0 Å². The SMILES string of the molecule is CCCC(C)(C)CC(C)C(C)CC(C)C. The maximum Gasteiger partial charge on any atom is -0.0352 e.